The number of aliphatic carboxylic acids is 1. The average molecular weight is 334 g/mol. The van der Waals surface area contributed by atoms with Gasteiger partial charge in [0.1, 0.15) is 12.1 Å². The Kier molecular flexibility index (Phi) is 8.50. The van der Waals surface area contributed by atoms with E-state index in [0.29, 0.717) is 0 Å². The number of nitrogens with one attached hydrogen (secondary N) is 2. The van der Waals surface area contributed by atoms with Gasteiger partial charge in [0, 0.05) is 5.75 Å². The van der Waals surface area contributed by atoms with E-state index in [1.165, 1.54) is 0 Å². The van der Waals surface area contributed by atoms with Gasteiger partial charge in [-0.2, -0.15) is 12.6 Å². The van der Waals surface area contributed by atoms with Gasteiger partial charge in [0.15, 0.2) is 0 Å². The Hall–Kier alpha value is -1.81. The maximum absolute atomic E-state index is 12.1. The van der Waals surface area contributed by atoms with Crippen molar-refractivity contribution in [1.82, 2.24) is 10.6 Å². The molecule has 0 saturated heterocycles. The molecule has 3 amide bonds. The largest absolute Gasteiger partial charge is 0.480 e. The monoisotopic (exact) mass is 334 g/mol. The highest BCUT2D eigenvalue weighted by atomic mass is 32.1. The maximum Gasteiger partial charge on any atom is 0.326 e. The molecule has 0 saturated carbocycles. The van der Waals surface area contributed by atoms with E-state index in [2.05, 4.69) is 23.3 Å². The highest BCUT2D eigenvalue weighted by Gasteiger charge is 2.30. The van der Waals surface area contributed by atoms with Crippen LogP contribution in [0.1, 0.15) is 20.3 Å². The summed E-state index contributed by atoms with van der Waals surface area (Å²) < 4.78 is 0. The van der Waals surface area contributed by atoms with Crippen molar-refractivity contribution in [2.45, 2.75) is 38.4 Å². The molecular weight excluding hydrogens is 312 g/mol. The molecule has 9 nitrogen and oxygen atoms in total. The molecule has 126 valence electrons. The number of thiol groups is 1. The molecule has 0 aromatic rings. The van der Waals surface area contributed by atoms with Gasteiger partial charge in [-0.1, -0.05) is 13.8 Å². The van der Waals surface area contributed by atoms with Crippen molar-refractivity contribution in [3.05, 3.63) is 0 Å². The number of carbonyl (C=O) groups excluding carboxylic acids is 3. The van der Waals surface area contributed by atoms with Gasteiger partial charge >= 0.3 is 5.97 Å². The molecule has 7 N–H and O–H groups in total. The van der Waals surface area contributed by atoms with Crippen molar-refractivity contribution in [2.24, 2.45) is 17.4 Å². The van der Waals surface area contributed by atoms with Crippen molar-refractivity contribution < 1.29 is 24.3 Å². The van der Waals surface area contributed by atoms with E-state index in [9.17, 15) is 19.2 Å². The molecule has 0 bridgehead atoms. The number of hydrogen-bond donors (Lipinski definition) is 6. The number of carbonyl (C=O) groups is 4. The summed E-state index contributed by atoms with van der Waals surface area (Å²) >= 11 is 3.85. The number of primary amides is 1. The van der Waals surface area contributed by atoms with E-state index in [0.717, 1.165) is 0 Å². The van der Waals surface area contributed by atoms with Crippen LogP contribution >= 0.6 is 12.6 Å². The summed E-state index contributed by atoms with van der Waals surface area (Å²) in [5, 5.41) is 13.6. The maximum atomic E-state index is 12.1. The van der Waals surface area contributed by atoms with Crippen molar-refractivity contribution in [1.29, 1.82) is 0 Å². The minimum absolute atomic E-state index is 0.0422. The second-order valence-corrected chi connectivity index (χ2v) is 5.45. The Bertz CT molecular complexity index is 443. The normalized spacial score (nSPS) is 14.8. The summed E-state index contributed by atoms with van der Waals surface area (Å²) in [7, 11) is 0. The zero-order chi connectivity index (χ0) is 17.4. The second kappa shape index (κ2) is 9.26. The number of nitrogens with two attached hydrogens (primary N) is 2. The Morgan fingerprint density at radius 3 is 2.05 bits per heavy atom. The smallest absolute Gasteiger partial charge is 0.326 e. The Morgan fingerprint density at radius 2 is 1.68 bits per heavy atom. The van der Waals surface area contributed by atoms with Gasteiger partial charge in [0.05, 0.1) is 12.5 Å². The van der Waals surface area contributed by atoms with Gasteiger partial charge < -0.3 is 27.2 Å². The first-order chi connectivity index (χ1) is 10.1. The lowest BCUT2D eigenvalue weighted by Crippen LogP contribution is -2.56. The number of amides is 3. The van der Waals surface area contributed by atoms with Crippen LogP contribution in [0, 0.1) is 5.92 Å². The number of carboxylic acid groups (broad SMARTS) is 1. The lowest BCUT2D eigenvalue weighted by atomic mass is 10.0. The standard InChI is InChI=1S/C12H22N4O5S/c1-5(2)9(12(20)21)16-11(19)7(3-8(14)17)15-10(18)6(13)4-22/h5-7,9,22H,3-4,13H2,1-2H3,(H2,14,17)(H,15,18)(H,16,19)(H,20,21)/t6-,7-,9-/m0/s1. The van der Waals surface area contributed by atoms with Gasteiger partial charge in [0.2, 0.25) is 17.7 Å². The van der Waals surface area contributed by atoms with Gasteiger partial charge in [-0.05, 0) is 5.92 Å². The lowest BCUT2D eigenvalue weighted by molar-refractivity contribution is -0.143. The first-order valence-electron chi connectivity index (χ1n) is 6.58. The minimum Gasteiger partial charge on any atom is -0.480 e. The number of carboxylic acids is 1. The van der Waals surface area contributed by atoms with Crippen molar-refractivity contribution in [3.63, 3.8) is 0 Å². The fourth-order valence-corrected chi connectivity index (χ4v) is 1.71. The predicted molar refractivity (Wildman–Crippen MR) is 82.0 cm³/mol. The molecule has 0 heterocycles. The molecule has 3 atom stereocenters. The first-order valence-corrected chi connectivity index (χ1v) is 7.21. The molecule has 0 aromatic carbocycles. The quantitative estimate of drug-likeness (QED) is 0.263. The van der Waals surface area contributed by atoms with Crippen LogP contribution in [0.25, 0.3) is 0 Å². The van der Waals surface area contributed by atoms with E-state index in [-0.39, 0.29) is 11.7 Å². The Balaban J connectivity index is 5.01. The summed E-state index contributed by atoms with van der Waals surface area (Å²) in [5.41, 5.74) is 10.5. The van der Waals surface area contributed by atoms with Crippen LogP contribution < -0.4 is 22.1 Å². The Labute approximate surface area is 133 Å². The number of hydrogen-bond acceptors (Lipinski definition) is 6. The van der Waals surface area contributed by atoms with Crippen LogP contribution in [0.5, 0.6) is 0 Å². The molecular formula is C12H22N4O5S. The van der Waals surface area contributed by atoms with Crippen LogP contribution in [0.3, 0.4) is 0 Å². The summed E-state index contributed by atoms with van der Waals surface area (Å²) in [5.74, 6) is -3.89. The third kappa shape index (κ3) is 6.76. The zero-order valence-electron chi connectivity index (χ0n) is 12.4. The fourth-order valence-electron chi connectivity index (χ4n) is 1.54. The molecule has 10 heteroatoms. The third-order valence-corrected chi connectivity index (χ3v) is 3.20. The first kappa shape index (κ1) is 20.2. The topological polar surface area (TPSA) is 165 Å². The molecule has 0 aliphatic rings. The molecule has 0 spiro atoms. The molecule has 0 unspecified atom stereocenters. The second-order valence-electron chi connectivity index (χ2n) is 5.09. The minimum atomic E-state index is -1.29. The van der Waals surface area contributed by atoms with Gasteiger partial charge in [-0.25, -0.2) is 4.79 Å². The highest BCUT2D eigenvalue weighted by molar-refractivity contribution is 7.80. The summed E-state index contributed by atoms with van der Waals surface area (Å²) in [6.07, 6.45) is -0.471. The van der Waals surface area contributed by atoms with E-state index in [1.54, 1.807) is 13.8 Å². The number of rotatable bonds is 9. The summed E-state index contributed by atoms with van der Waals surface area (Å²) in [6.45, 7) is 3.22. The molecule has 0 radical (unpaired) electrons. The van der Waals surface area contributed by atoms with Crippen LogP contribution in [-0.2, 0) is 19.2 Å². The van der Waals surface area contributed by atoms with E-state index in [1.807, 2.05) is 0 Å². The summed E-state index contributed by atoms with van der Waals surface area (Å²) in [4.78, 5) is 45.9. The molecule has 0 aromatic heterocycles. The molecule has 0 rings (SSSR count). The predicted octanol–water partition coefficient (Wildman–Crippen LogP) is -2.17. The van der Waals surface area contributed by atoms with E-state index in [4.69, 9.17) is 16.6 Å². The Morgan fingerprint density at radius 1 is 1.14 bits per heavy atom. The zero-order valence-corrected chi connectivity index (χ0v) is 13.3. The highest BCUT2D eigenvalue weighted by Crippen LogP contribution is 2.03. The van der Waals surface area contributed by atoms with Gasteiger partial charge in [0.25, 0.3) is 0 Å². The van der Waals surface area contributed by atoms with Crippen molar-refractivity contribution in [3.8, 4) is 0 Å². The molecule has 0 fully saturated rings. The summed E-state index contributed by atoms with van der Waals surface area (Å²) in [6, 6.07) is -3.42. The van der Waals surface area contributed by atoms with Crippen LogP contribution in [-0.4, -0.2) is 52.7 Å². The van der Waals surface area contributed by atoms with E-state index >= 15 is 0 Å². The molecule has 22 heavy (non-hydrogen) atoms. The molecule has 0 aliphatic heterocycles. The van der Waals surface area contributed by atoms with Crippen molar-refractivity contribution in [2.75, 3.05) is 5.75 Å². The van der Waals surface area contributed by atoms with Gasteiger partial charge in [-0.15, -0.1) is 0 Å². The van der Waals surface area contributed by atoms with Crippen LogP contribution in [0.4, 0.5) is 0 Å². The third-order valence-electron chi connectivity index (χ3n) is 2.80. The average Bonchev–Trinajstić information content (AvgIpc) is 2.41. The SMILES string of the molecule is CC(C)[C@H](NC(=O)[C@H](CC(N)=O)NC(=O)[C@@H](N)CS)C(=O)O. The van der Waals surface area contributed by atoms with Crippen molar-refractivity contribution >= 4 is 36.3 Å². The van der Waals surface area contributed by atoms with Gasteiger partial charge in [-0.3, -0.25) is 14.4 Å². The van der Waals surface area contributed by atoms with E-state index < -0.39 is 48.2 Å². The fraction of sp³-hybridized carbons (Fsp3) is 0.667. The lowest BCUT2D eigenvalue weighted by Gasteiger charge is -2.23. The van der Waals surface area contributed by atoms with Crippen LogP contribution in [0.15, 0.2) is 0 Å². The molecule has 0 aliphatic carbocycles. The van der Waals surface area contributed by atoms with Crippen LogP contribution in [0.2, 0.25) is 0 Å².